The zero-order valence-electron chi connectivity index (χ0n) is 17.7. The number of methoxy groups -OCH3 is 2. The Kier molecular flexibility index (Phi) is 5.79. The van der Waals surface area contributed by atoms with Gasteiger partial charge in [0.05, 0.1) is 19.8 Å². The molecule has 2 aromatic rings. The number of nitrogens with zero attached hydrogens (tertiary/aromatic N) is 3. The van der Waals surface area contributed by atoms with Crippen LogP contribution >= 0.6 is 0 Å². The zero-order valence-corrected chi connectivity index (χ0v) is 17.7. The summed E-state index contributed by atoms with van der Waals surface area (Å²) in [6.07, 6.45) is 7.84. The van der Waals surface area contributed by atoms with Gasteiger partial charge in [-0.3, -0.25) is 4.79 Å². The topological polar surface area (TPSA) is 56.6 Å². The van der Waals surface area contributed by atoms with Crippen molar-refractivity contribution in [2.24, 2.45) is 5.92 Å². The summed E-state index contributed by atoms with van der Waals surface area (Å²) in [7, 11) is 3.20. The second-order valence-corrected chi connectivity index (χ2v) is 8.27. The maximum absolute atomic E-state index is 13.0. The molecular formula is C23H31N3O3. The Morgan fingerprint density at radius 2 is 1.90 bits per heavy atom. The van der Waals surface area contributed by atoms with E-state index in [1.54, 1.807) is 26.4 Å². The van der Waals surface area contributed by atoms with E-state index in [0.29, 0.717) is 28.9 Å². The Labute approximate surface area is 172 Å². The van der Waals surface area contributed by atoms with E-state index in [2.05, 4.69) is 16.5 Å². The van der Waals surface area contributed by atoms with Crippen molar-refractivity contribution < 1.29 is 14.3 Å². The molecule has 0 N–H and O–H groups in total. The molecule has 6 heteroatoms. The van der Waals surface area contributed by atoms with E-state index in [-0.39, 0.29) is 5.91 Å². The van der Waals surface area contributed by atoms with Gasteiger partial charge in [-0.2, -0.15) is 0 Å². The van der Waals surface area contributed by atoms with Gasteiger partial charge in [-0.05, 0) is 57.1 Å². The molecule has 0 spiro atoms. The Morgan fingerprint density at radius 1 is 1.14 bits per heavy atom. The first-order valence-corrected chi connectivity index (χ1v) is 10.6. The van der Waals surface area contributed by atoms with E-state index >= 15 is 0 Å². The molecule has 0 unspecified atom stereocenters. The standard InChI is InChI=1S/C23H31N3O3/c1-16-15-24-22(18-4-5-18)26(16)13-10-17-8-11-25(12-9-17)23(27)20-7-6-19(28-2)14-21(20)29-3/h6-7,14-15,17-18H,4-5,8-13H2,1-3H3. The number of piperidine rings is 1. The predicted octanol–water partition coefficient (Wildman–Crippen LogP) is 4.03. The molecule has 29 heavy (non-hydrogen) atoms. The molecule has 1 aromatic heterocycles. The Bertz CT molecular complexity index is 864. The smallest absolute Gasteiger partial charge is 0.257 e. The number of hydrogen-bond donors (Lipinski definition) is 0. The van der Waals surface area contributed by atoms with E-state index in [1.165, 1.54) is 24.4 Å². The van der Waals surface area contributed by atoms with Crippen molar-refractivity contribution in [3.8, 4) is 11.5 Å². The van der Waals surface area contributed by atoms with Crippen LogP contribution in [0.1, 0.15) is 59.9 Å². The third kappa shape index (κ3) is 4.26. The number of imidazole rings is 1. The fraction of sp³-hybridized carbons (Fsp3) is 0.565. The van der Waals surface area contributed by atoms with Crippen molar-refractivity contribution in [2.45, 2.75) is 51.5 Å². The van der Waals surface area contributed by atoms with Crippen molar-refractivity contribution >= 4 is 5.91 Å². The van der Waals surface area contributed by atoms with Crippen molar-refractivity contribution in [3.05, 3.63) is 41.5 Å². The van der Waals surface area contributed by atoms with E-state index in [4.69, 9.17) is 9.47 Å². The zero-order chi connectivity index (χ0) is 20.4. The number of aromatic nitrogens is 2. The molecule has 0 bridgehead atoms. The quantitative estimate of drug-likeness (QED) is 0.708. The molecule has 0 radical (unpaired) electrons. The van der Waals surface area contributed by atoms with Crippen LogP contribution in [0.4, 0.5) is 0 Å². The molecule has 1 aromatic carbocycles. The summed E-state index contributed by atoms with van der Waals surface area (Å²) in [5, 5.41) is 0. The van der Waals surface area contributed by atoms with Crippen LogP contribution in [-0.2, 0) is 6.54 Å². The molecular weight excluding hydrogens is 366 g/mol. The fourth-order valence-corrected chi connectivity index (χ4v) is 4.32. The van der Waals surface area contributed by atoms with Crippen molar-refractivity contribution in [3.63, 3.8) is 0 Å². The number of benzene rings is 1. The van der Waals surface area contributed by atoms with Gasteiger partial charge in [0.2, 0.25) is 0 Å². The monoisotopic (exact) mass is 397 g/mol. The third-order valence-electron chi connectivity index (χ3n) is 6.33. The van der Waals surface area contributed by atoms with Crippen LogP contribution in [0.25, 0.3) is 0 Å². The third-order valence-corrected chi connectivity index (χ3v) is 6.33. The molecule has 0 atom stereocenters. The second kappa shape index (κ2) is 8.47. The first-order valence-electron chi connectivity index (χ1n) is 10.6. The summed E-state index contributed by atoms with van der Waals surface area (Å²) in [4.78, 5) is 19.6. The molecule has 1 saturated heterocycles. The maximum atomic E-state index is 13.0. The van der Waals surface area contributed by atoms with Gasteiger partial charge in [-0.1, -0.05) is 0 Å². The molecule has 156 valence electrons. The molecule has 1 aliphatic carbocycles. The number of likely N-dealkylation sites (tertiary alicyclic amines) is 1. The van der Waals surface area contributed by atoms with Crippen LogP contribution in [0.3, 0.4) is 0 Å². The number of hydrogen-bond acceptors (Lipinski definition) is 4. The number of amides is 1. The highest BCUT2D eigenvalue weighted by molar-refractivity contribution is 5.97. The Balaban J connectivity index is 1.33. The molecule has 4 rings (SSSR count). The van der Waals surface area contributed by atoms with Gasteiger partial charge in [-0.15, -0.1) is 0 Å². The van der Waals surface area contributed by atoms with E-state index in [0.717, 1.165) is 38.9 Å². The summed E-state index contributed by atoms with van der Waals surface area (Å²) in [5.41, 5.74) is 1.88. The molecule has 2 fully saturated rings. The summed E-state index contributed by atoms with van der Waals surface area (Å²) >= 11 is 0. The second-order valence-electron chi connectivity index (χ2n) is 8.27. The average molecular weight is 398 g/mol. The minimum absolute atomic E-state index is 0.0458. The normalized spacial score (nSPS) is 17.4. The minimum atomic E-state index is 0.0458. The first-order chi connectivity index (χ1) is 14.1. The number of carbonyl (C=O) groups is 1. The molecule has 2 aliphatic rings. The number of rotatable bonds is 7. The lowest BCUT2D eigenvalue weighted by molar-refractivity contribution is 0.0681. The summed E-state index contributed by atoms with van der Waals surface area (Å²) in [6, 6.07) is 5.38. The van der Waals surface area contributed by atoms with Gasteiger partial charge in [0, 0.05) is 43.5 Å². The van der Waals surface area contributed by atoms with Crippen LogP contribution in [0.5, 0.6) is 11.5 Å². The predicted molar refractivity (Wildman–Crippen MR) is 112 cm³/mol. The highest BCUT2D eigenvalue weighted by Crippen LogP contribution is 2.39. The van der Waals surface area contributed by atoms with E-state index in [1.807, 2.05) is 17.2 Å². The first kappa shape index (κ1) is 19.8. The van der Waals surface area contributed by atoms with Crippen LogP contribution in [-0.4, -0.2) is 47.7 Å². The highest BCUT2D eigenvalue weighted by atomic mass is 16.5. The van der Waals surface area contributed by atoms with Gasteiger partial charge in [0.15, 0.2) is 0 Å². The summed E-state index contributed by atoms with van der Waals surface area (Å²) < 4.78 is 13.1. The number of aryl methyl sites for hydroxylation is 1. The van der Waals surface area contributed by atoms with Crippen LogP contribution in [0, 0.1) is 12.8 Å². The average Bonchev–Trinajstić information content (AvgIpc) is 3.54. The molecule has 1 aliphatic heterocycles. The van der Waals surface area contributed by atoms with Gasteiger partial charge in [-0.25, -0.2) is 4.98 Å². The van der Waals surface area contributed by atoms with E-state index in [9.17, 15) is 4.79 Å². The Morgan fingerprint density at radius 3 is 2.55 bits per heavy atom. The number of ether oxygens (including phenoxy) is 2. The molecule has 6 nitrogen and oxygen atoms in total. The van der Waals surface area contributed by atoms with E-state index < -0.39 is 0 Å². The lowest BCUT2D eigenvalue weighted by Crippen LogP contribution is -2.38. The number of carbonyl (C=O) groups excluding carboxylic acids is 1. The molecule has 1 saturated carbocycles. The van der Waals surface area contributed by atoms with Gasteiger partial charge in [0.25, 0.3) is 5.91 Å². The SMILES string of the molecule is COc1ccc(C(=O)N2CCC(CCn3c(C)cnc3C3CC3)CC2)c(OC)c1. The largest absolute Gasteiger partial charge is 0.497 e. The van der Waals surface area contributed by atoms with Crippen LogP contribution in [0.15, 0.2) is 24.4 Å². The molecule has 2 heterocycles. The van der Waals surface area contributed by atoms with Crippen molar-refractivity contribution in [2.75, 3.05) is 27.3 Å². The lowest BCUT2D eigenvalue weighted by Gasteiger charge is -2.32. The van der Waals surface area contributed by atoms with Crippen molar-refractivity contribution in [1.82, 2.24) is 14.5 Å². The maximum Gasteiger partial charge on any atom is 0.257 e. The minimum Gasteiger partial charge on any atom is -0.497 e. The lowest BCUT2D eigenvalue weighted by atomic mass is 9.93. The van der Waals surface area contributed by atoms with Crippen LogP contribution < -0.4 is 9.47 Å². The summed E-state index contributed by atoms with van der Waals surface area (Å²) in [6.45, 7) is 4.80. The Hall–Kier alpha value is -2.50. The highest BCUT2D eigenvalue weighted by Gasteiger charge is 2.29. The van der Waals surface area contributed by atoms with Crippen molar-refractivity contribution in [1.29, 1.82) is 0 Å². The van der Waals surface area contributed by atoms with Crippen LogP contribution in [0.2, 0.25) is 0 Å². The fourth-order valence-electron chi connectivity index (χ4n) is 4.32. The van der Waals surface area contributed by atoms with Gasteiger partial charge >= 0.3 is 0 Å². The van der Waals surface area contributed by atoms with Gasteiger partial charge in [0.1, 0.15) is 17.3 Å². The summed E-state index contributed by atoms with van der Waals surface area (Å²) in [5.74, 6) is 3.93. The van der Waals surface area contributed by atoms with Gasteiger partial charge < -0.3 is 18.9 Å². The molecule has 1 amide bonds.